The molecule has 0 saturated carbocycles. The topological polar surface area (TPSA) is 38.8 Å². The monoisotopic (exact) mass is 329 g/mol. The lowest BCUT2D eigenvalue weighted by molar-refractivity contribution is -0.120. The highest BCUT2D eigenvalue weighted by Crippen LogP contribution is 2.38. The average molecular weight is 329 g/mol. The van der Waals surface area contributed by atoms with E-state index in [2.05, 4.69) is 13.0 Å². The summed E-state index contributed by atoms with van der Waals surface area (Å²) in [5.41, 5.74) is 0.962. The minimum absolute atomic E-state index is 0.00784. The highest BCUT2D eigenvalue weighted by molar-refractivity contribution is 8.00. The summed E-state index contributed by atoms with van der Waals surface area (Å²) in [6.07, 6.45) is 0. The lowest BCUT2D eigenvalue weighted by Crippen LogP contribution is -2.41. The number of carbonyl (C=O) groups is 1. The Morgan fingerprint density at radius 1 is 1.17 bits per heavy atom. The Bertz CT molecular complexity index is 704. The van der Waals surface area contributed by atoms with Crippen molar-refractivity contribution in [3.63, 3.8) is 0 Å². The highest BCUT2D eigenvalue weighted by atomic mass is 32.2. The first-order valence-corrected chi connectivity index (χ1v) is 8.39. The van der Waals surface area contributed by atoms with E-state index >= 15 is 0 Å². The van der Waals surface area contributed by atoms with Crippen molar-refractivity contribution in [1.82, 2.24) is 0 Å². The molecule has 0 saturated heterocycles. The lowest BCUT2D eigenvalue weighted by atomic mass is 10.2. The lowest BCUT2D eigenvalue weighted by Gasteiger charge is -2.32. The Labute approximate surface area is 140 Å². The van der Waals surface area contributed by atoms with Crippen LogP contribution in [0.1, 0.15) is 6.92 Å². The van der Waals surface area contributed by atoms with Crippen molar-refractivity contribution in [3.8, 4) is 11.5 Å². The molecule has 120 valence electrons. The van der Waals surface area contributed by atoms with Crippen molar-refractivity contribution in [1.29, 1.82) is 0 Å². The molecule has 0 aliphatic carbocycles. The number of fused-ring (bicyclic) bond motifs is 1. The van der Waals surface area contributed by atoms with Crippen LogP contribution in [-0.4, -0.2) is 31.4 Å². The fourth-order valence-corrected chi connectivity index (χ4v) is 3.69. The molecule has 0 fully saturated rings. The van der Waals surface area contributed by atoms with Gasteiger partial charge in [0, 0.05) is 16.7 Å². The molecule has 0 radical (unpaired) electrons. The van der Waals surface area contributed by atoms with E-state index in [9.17, 15) is 4.79 Å². The minimum Gasteiger partial charge on any atom is -0.493 e. The van der Waals surface area contributed by atoms with E-state index in [0.717, 1.165) is 10.6 Å². The van der Waals surface area contributed by atoms with Crippen LogP contribution in [0.3, 0.4) is 0 Å². The van der Waals surface area contributed by atoms with Crippen LogP contribution in [0.25, 0.3) is 0 Å². The van der Waals surface area contributed by atoms with Crippen LogP contribution in [0.4, 0.5) is 5.69 Å². The Balaban J connectivity index is 1.74. The molecule has 0 aromatic heterocycles. The number of para-hydroxylation sites is 3. The summed E-state index contributed by atoms with van der Waals surface area (Å²) in [4.78, 5) is 15.6. The standard InChI is InChI=1S/C18H19NO3S/c1-13-11-19(14-7-3-6-10-17(14)23-13)18(20)12-22-16-9-5-4-8-15(16)21-2/h3-10,13H,11-12H2,1-2H3. The van der Waals surface area contributed by atoms with Crippen LogP contribution in [0, 0.1) is 0 Å². The highest BCUT2D eigenvalue weighted by Gasteiger charge is 2.27. The van der Waals surface area contributed by atoms with Crippen LogP contribution in [-0.2, 0) is 4.79 Å². The van der Waals surface area contributed by atoms with E-state index in [1.54, 1.807) is 24.9 Å². The fourth-order valence-electron chi connectivity index (χ4n) is 2.58. The first-order valence-electron chi connectivity index (χ1n) is 7.51. The van der Waals surface area contributed by atoms with E-state index in [0.29, 0.717) is 23.3 Å². The molecule has 1 amide bonds. The van der Waals surface area contributed by atoms with Gasteiger partial charge in [0.15, 0.2) is 18.1 Å². The Kier molecular flexibility index (Phi) is 4.76. The zero-order valence-electron chi connectivity index (χ0n) is 13.2. The average Bonchev–Trinajstić information content (AvgIpc) is 2.59. The molecule has 4 nitrogen and oxygen atoms in total. The predicted molar refractivity (Wildman–Crippen MR) is 92.6 cm³/mol. The van der Waals surface area contributed by atoms with Gasteiger partial charge in [0.05, 0.1) is 12.8 Å². The van der Waals surface area contributed by atoms with Gasteiger partial charge in [-0.3, -0.25) is 4.79 Å². The number of carbonyl (C=O) groups excluding carboxylic acids is 1. The molecule has 5 heteroatoms. The van der Waals surface area contributed by atoms with Crippen molar-refractivity contribution in [3.05, 3.63) is 48.5 Å². The number of amides is 1. The zero-order chi connectivity index (χ0) is 16.2. The van der Waals surface area contributed by atoms with Crippen molar-refractivity contribution in [2.45, 2.75) is 17.1 Å². The maximum atomic E-state index is 12.6. The van der Waals surface area contributed by atoms with Gasteiger partial charge in [0.2, 0.25) is 0 Å². The number of hydrogen-bond acceptors (Lipinski definition) is 4. The number of benzene rings is 2. The Hall–Kier alpha value is -2.14. The second kappa shape index (κ2) is 6.96. The van der Waals surface area contributed by atoms with E-state index in [1.807, 2.05) is 41.3 Å². The molecule has 0 N–H and O–H groups in total. The molecule has 3 rings (SSSR count). The maximum absolute atomic E-state index is 12.6. The van der Waals surface area contributed by atoms with Gasteiger partial charge in [-0.15, -0.1) is 11.8 Å². The number of nitrogens with zero attached hydrogens (tertiary/aromatic N) is 1. The molecule has 0 spiro atoms. The van der Waals surface area contributed by atoms with E-state index in [1.165, 1.54) is 0 Å². The quantitative estimate of drug-likeness (QED) is 0.859. The van der Waals surface area contributed by atoms with E-state index in [4.69, 9.17) is 9.47 Å². The normalized spacial score (nSPS) is 16.6. The fraction of sp³-hybridized carbons (Fsp3) is 0.278. The molecule has 23 heavy (non-hydrogen) atoms. The first kappa shape index (κ1) is 15.7. The zero-order valence-corrected chi connectivity index (χ0v) is 14.0. The molecule has 2 aromatic carbocycles. The van der Waals surface area contributed by atoms with Crippen LogP contribution < -0.4 is 14.4 Å². The van der Waals surface area contributed by atoms with Crippen molar-refractivity contribution < 1.29 is 14.3 Å². The van der Waals surface area contributed by atoms with Crippen LogP contribution in [0.15, 0.2) is 53.4 Å². The van der Waals surface area contributed by atoms with Crippen LogP contribution in [0.5, 0.6) is 11.5 Å². The van der Waals surface area contributed by atoms with Gasteiger partial charge < -0.3 is 14.4 Å². The van der Waals surface area contributed by atoms with Gasteiger partial charge in [-0.25, -0.2) is 0 Å². The molecule has 1 aliphatic rings. The Morgan fingerprint density at radius 3 is 2.65 bits per heavy atom. The summed E-state index contributed by atoms with van der Waals surface area (Å²) >= 11 is 1.80. The van der Waals surface area contributed by atoms with Gasteiger partial charge in [-0.2, -0.15) is 0 Å². The second-order valence-electron chi connectivity index (χ2n) is 5.34. The summed E-state index contributed by atoms with van der Waals surface area (Å²) in [5.74, 6) is 1.16. The second-order valence-corrected chi connectivity index (χ2v) is 6.82. The van der Waals surface area contributed by atoms with Gasteiger partial charge in [-0.05, 0) is 24.3 Å². The number of anilines is 1. The minimum atomic E-state index is -0.0458. The third-order valence-corrected chi connectivity index (χ3v) is 4.80. The van der Waals surface area contributed by atoms with E-state index in [-0.39, 0.29) is 12.5 Å². The smallest absolute Gasteiger partial charge is 0.264 e. The Morgan fingerprint density at radius 2 is 1.87 bits per heavy atom. The molecule has 2 aromatic rings. The van der Waals surface area contributed by atoms with Gasteiger partial charge in [0.1, 0.15) is 0 Å². The summed E-state index contributed by atoms with van der Waals surface area (Å²) in [6.45, 7) is 2.81. The largest absolute Gasteiger partial charge is 0.493 e. The van der Waals surface area contributed by atoms with Gasteiger partial charge in [0.25, 0.3) is 5.91 Å². The number of methoxy groups -OCH3 is 1. The molecule has 1 atom stereocenters. The molecule has 0 bridgehead atoms. The summed E-state index contributed by atoms with van der Waals surface area (Å²) in [6, 6.07) is 15.3. The van der Waals surface area contributed by atoms with Crippen LogP contribution in [0.2, 0.25) is 0 Å². The molecular weight excluding hydrogens is 310 g/mol. The predicted octanol–water partition coefficient (Wildman–Crippen LogP) is 3.60. The maximum Gasteiger partial charge on any atom is 0.264 e. The number of rotatable bonds is 4. The molecule has 1 aliphatic heterocycles. The summed E-state index contributed by atoms with van der Waals surface area (Å²) < 4.78 is 10.9. The van der Waals surface area contributed by atoms with Gasteiger partial charge in [-0.1, -0.05) is 31.2 Å². The van der Waals surface area contributed by atoms with Crippen molar-refractivity contribution in [2.24, 2.45) is 0 Å². The first-order chi connectivity index (χ1) is 11.2. The van der Waals surface area contributed by atoms with E-state index < -0.39 is 0 Å². The van der Waals surface area contributed by atoms with Crippen LogP contribution >= 0.6 is 11.8 Å². The van der Waals surface area contributed by atoms with Crippen molar-refractivity contribution in [2.75, 3.05) is 25.2 Å². The molecule has 1 heterocycles. The summed E-state index contributed by atoms with van der Waals surface area (Å²) in [7, 11) is 1.59. The molecular formula is C18H19NO3S. The third kappa shape index (κ3) is 3.45. The SMILES string of the molecule is COc1ccccc1OCC(=O)N1CC(C)Sc2ccccc21. The number of hydrogen-bond donors (Lipinski definition) is 0. The number of ether oxygens (including phenoxy) is 2. The van der Waals surface area contributed by atoms with Gasteiger partial charge >= 0.3 is 0 Å². The number of thioether (sulfide) groups is 1. The third-order valence-electron chi connectivity index (χ3n) is 3.65. The summed E-state index contributed by atoms with van der Waals surface area (Å²) in [5, 5.41) is 0.361. The molecule has 1 unspecified atom stereocenters. The van der Waals surface area contributed by atoms with Crippen molar-refractivity contribution >= 4 is 23.4 Å².